The molecule has 0 fully saturated rings. The molecule has 1 heterocycles. The molecule has 0 saturated carbocycles. The van der Waals surface area contributed by atoms with Crippen molar-refractivity contribution in [2.75, 3.05) is 19.5 Å². The number of rotatable bonds is 4. The van der Waals surface area contributed by atoms with E-state index in [0.717, 1.165) is 12.3 Å². The molecule has 1 aromatic rings. The van der Waals surface area contributed by atoms with Crippen LogP contribution in [0.15, 0.2) is 12.3 Å². The van der Waals surface area contributed by atoms with Gasteiger partial charge in [0, 0.05) is 26.2 Å². The average Bonchev–Trinajstić information content (AvgIpc) is 2.34. The lowest BCUT2D eigenvalue weighted by Crippen LogP contribution is -2.30. The Morgan fingerprint density at radius 3 is 2.72 bits per heavy atom. The zero-order chi connectivity index (χ0) is 13.8. The van der Waals surface area contributed by atoms with Crippen LogP contribution in [0.4, 0.5) is 13.2 Å². The van der Waals surface area contributed by atoms with Gasteiger partial charge in [0.25, 0.3) is 0 Å². The molecule has 1 aromatic heterocycles. The van der Waals surface area contributed by atoms with Gasteiger partial charge in [0.15, 0.2) is 0 Å². The summed E-state index contributed by atoms with van der Waals surface area (Å²) in [6.07, 6.45) is -3.30. The van der Waals surface area contributed by atoms with E-state index in [0.29, 0.717) is 0 Å². The third kappa shape index (κ3) is 4.14. The molecule has 18 heavy (non-hydrogen) atoms. The van der Waals surface area contributed by atoms with Gasteiger partial charge in [-0.3, -0.25) is 4.79 Å². The third-order valence-electron chi connectivity index (χ3n) is 2.21. The number of carbonyl (C=O) groups is 1. The Labute approximate surface area is 107 Å². The summed E-state index contributed by atoms with van der Waals surface area (Å²) in [4.78, 5) is 19.6. The average molecular weight is 282 g/mol. The lowest BCUT2D eigenvalue weighted by atomic mass is 10.3. The van der Waals surface area contributed by atoms with E-state index in [4.69, 9.17) is 11.6 Å². The van der Waals surface area contributed by atoms with Gasteiger partial charge in [-0.1, -0.05) is 0 Å². The number of likely N-dealkylation sites (N-methyl/N-ethyl adjacent to an activating group) is 1. The second kappa shape index (κ2) is 5.99. The molecule has 0 saturated heterocycles. The minimum absolute atomic E-state index is 0.0408. The van der Waals surface area contributed by atoms with E-state index in [2.05, 4.69) is 9.97 Å². The fraction of sp³-hybridized carbons (Fsp3) is 0.500. The Hall–Kier alpha value is -1.37. The summed E-state index contributed by atoms with van der Waals surface area (Å²) in [6.45, 7) is 0.215. The van der Waals surface area contributed by atoms with Gasteiger partial charge >= 0.3 is 6.18 Å². The molecule has 1 rings (SSSR count). The van der Waals surface area contributed by atoms with E-state index in [1.165, 1.54) is 11.9 Å². The quantitative estimate of drug-likeness (QED) is 0.790. The minimum Gasteiger partial charge on any atom is -0.344 e. The van der Waals surface area contributed by atoms with E-state index < -0.39 is 11.9 Å². The fourth-order valence-corrected chi connectivity index (χ4v) is 1.38. The lowest BCUT2D eigenvalue weighted by Gasteiger charge is -2.15. The Kier molecular flexibility index (Phi) is 4.89. The molecule has 0 bridgehead atoms. The van der Waals surface area contributed by atoms with Gasteiger partial charge in [-0.15, -0.1) is 11.6 Å². The number of hydrogen-bond acceptors (Lipinski definition) is 3. The van der Waals surface area contributed by atoms with Crippen LogP contribution in [0.25, 0.3) is 0 Å². The molecule has 0 atom stereocenters. The number of aromatic nitrogens is 2. The lowest BCUT2D eigenvalue weighted by molar-refractivity contribution is -0.141. The van der Waals surface area contributed by atoms with Crippen LogP contribution in [-0.4, -0.2) is 40.2 Å². The maximum atomic E-state index is 12.4. The summed E-state index contributed by atoms with van der Waals surface area (Å²) in [5.74, 6) is -0.428. The van der Waals surface area contributed by atoms with Crippen molar-refractivity contribution in [3.8, 4) is 0 Å². The van der Waals surface area contributed by atoms with Crippen molar-refractivity contribution in [1.82, 2.24) is 14.9 Å². The third-order valence-corrected chi connectivity index (χ3v) is 2.44. The number of nitrogens with zero attached hydrogens (tertiary/aromatic N) is 3. The van der Waals surface area contributed by atoms with Crippen molar-refractivity contribution in [1.29, 1.82) is 0 Å². The highest BCUT2D eigenvalue weighted by Gasteiger charge is 2.32. The van der Waals surface area contributed by atoms with Crippen LogP contribution in [0.3, 0.4) is 0 Å². The SMILES string of the molecule is CN(CCc1nccc(C(F)(F)F)n1)C(=O)CCl. The summed E-state index contributed by atoms with van der Waals surface area (Å²) in [5, 5.41) is 0. The van der Waals surface area contributed by atoms with Crippen LogP contribution in [0.1, 0.15) is 11.5 Å². The molecular weight excluding hydrogens is 271 g/mol. The molecule has 0 aliphatic rings. The molecule has 1 amide bonds. The van der Waals surface area contributed by atoms with E-state index in [1.54, 1.807) is 0 Å². The first kappa shape index (κ1) is 14.7. The first-order valence-corrected chi connectivity index (χ1v) is 5.57. The smallest absolute Gasteiger partial charge is 0.344 e. The number of amides is 1. The second-order valence-electron chi connectivity index (χ2n) is 3.55. The standard InChI is InChI=1S/C10H11ClF3N3O/c1-17(9(18)6-11)5-3-8-15-4-2-7(16-8)10(12,13)14/h2,4H,3,5-6H2,1H3. The Morgan fingerprint density at radius 1 is 1.50 bits per heavy atom. The highest BCUT2D eigenvalue weighted by atomic mass is 35.5. The normalized spacial score (nSPS) is 11.4. The van der Waals surface area contributed by atoms with Crippen LogP contribution in [-0.2, 0) is 17.4 Å². The van der Waals surface area contributed by atoms with E-state index in [-0.39, 0.29) is 30.6 Å². The van der Waals surface area contributed by atoms with Crippen molar-refractivity contribution < 1.29 is 18.0 Å². The van der Waals surface area contributed by atoms with Crippen LogP contribution < -0.4 is 0 Å². The molecule has 0 radical (unpaired) electrons. The van der Waals surface area contributed by atoms with E-state index in [9.17, 15) is 18.0 Å². The predicted molar refractivity (Wildman–Crippen MR) is 59.1 cm³/mol. The van der Waals surface area contributed by atoms with Crippen molar-refractivity contribution in [3.63, 3.8) is 0 Å². The van der Waals surface area contributed by atoms with Gasteiger partial charge in [-0.2, -0.15) is 13.2 Å². The fourth-order valence-electron chi connectivity index (χ4n) is 1.17. The van der Waals surface area contributed by atoms with E-state index >= 15 is 0 Å². The molecule has 0 aliphatic heterocycles. The maximum Gasteiger partial charge on any atom is 0.433 e. The van der Waals surface area contributed by atoms with Gasteiger partial charge in [0.2, 0.25) is 5.91 Å². The summed E-state index contributed by atoms with van der Waals surface area (Å²) in [6, 6.07) is 0.803. The Morgan fingerprint density at radius 2 is 2.17 bits per heavy atom. The number of hydrogen-bond donors (Lipinski definition) is 0. The number of halogens is 4. The van der Waals surface area contributed by atoms with Gasteiger partial charge in [-0.05, 0) is 6.07 Å². The molecule has 0 spiro atoms. The Balaban J connectivity index is 2.66. The van der Waals surface area contributed by atoms with Gasteiger partial charge in [0.05, 0.1) is 0 Å². The summed E-state index contributed by atoms with van der Waals surface area (Å²) in [5.41, 5.74) is -0.987. The van der Waals surface area contributed by atoms with Crippen molar-refractivity contribution in [2.24, 2.45) is 0 Å². The monoisotopic (exact) mass is 281 g/mol. The number of carbonyl (C=O) groups excluding carboxylic acids is 1. The molecule has 4 nitrogen and oxygen atoms in total. The molecule has 0 unspecified atom stereocenters. The molecule has 100 valence electrons. The molecular formula is C10H11ClF3N3O. The van der Waals surface area contributed by atoms with Gasteiger partial charge in [-0.25, -0.2) is 9.97 Å². The Bertz CT molecular complexity index is 425. The molecule has 0 N–H and O–H groups in total. The summed E-state index contributed by atoms with van der Waals surface area (Å²) in [7, 11) is 1.51. The first-order chi connectivity index (χ1) is 8.34. The summed E-state index contributed by atoms with van der Waals surface area (Å²) < 4.78 is 37.1. The van der Waals surface area contributed by atoms with Crippen LogP contribution in [0.2, 0.25) is 0 Å². The zero-order valence-corrected chi connectivity index (χ0v) is 10.3. The first-order valence-electron chi connectivity index (χ1n) is 5.03. The molecule has 0 aliphatic carbocycles. The highest BCUT2D eigenvalue weighted by molar-refractivity contribution is 6.27. The van der Waals surface area contributed by atoms with E-state index in [1.807, 2.05) is 0 Å². The van der Waals surface area contributed by atoms with Crippen molar-refractivity contribution >= 4 is 17.5 Å². The van der Waals surface area contributed by atoms with Crippen molar-refractivity contribution in [2.45, 2.75) is 12.6 Å². The predicted octanol–water partition coefficient (Wildman–Crippen LogP) is 1.74. The van der Waals surface area contributed by atoms with Crippen LogP contribution in [0.5, 0.6) is 0 Å². The van der Waals surface area contributed by atoms with Crippen LogP contribution >= 0.6 is 11.6 Å². The van der Waals surface area contributed by atoms with Gasteiger partial charge in [0.1, 0.15) is 17.4 Å². The molecule has 8 heteroatoms. The largest absolute Gasteiger partial charge is 0.433 e. The minimum atomic E-state index is -4.49. The topological polar surface area (TPSA) is 46.1 Å². The maximum absolute atomic E-state index is 12.4. The highest BCUT2D eigenvalue weighted by Crippen LogP contribution is 2.26. The number of alkyl halides is 4. The van der Waals surface area contributed by atoms with Crippen LogP contribution in [0, 0.1) is 0 Å². The van der Waals surface area contributed by atoms with Gasteiger partial charge < -0.3 is 4.90 Å². The summed E-state index contributed by atoms with van der Waals surface area (Å²) >= 11 is 5.34. The molecule has 0 aromatic carbocycles. The van der Waals surface area contributed by atoms with Crippen molar-refractivity contribution in [3.05, 3.63) is 23.8 Å². The second-order valence-corrected chi connectivity index (χ2v) is 3.82. The zero-order valence-electron chi connectivity index (χ0n) is 9.54.